The minimum absolute atomic E-state index is 0.222. The summed E-state index contributed by atoms with van der Waals surface area (Å²) in [7, 11) is 0. The predicted octanol–water partition coefficient (Wildman–Crippen LogP) is 2.29. The van der Waals surface area contributed by atoms with E-state index in [1.807, 2.05) is 13.0 Å². The lowest BCUT2D eigenvalue weighted by Gasteiger charge is -2.07. The van der Waals surface area contributed by atoms with E-state index in [0.29, 0.717) is 0 Å². The maximum atomic E-state index is 5.92. The van der Waals surface area contributed by atoms with Crippen LogP contribution in [0.5, 0.6) is 0 Å². The molecule has 2 nitrogen and oxygen atoms in total. The first kappa shape index (κ1) is 10.4. The maximum absolute atomic E-state index is 5.92. The average molecular weight is 196 g/mol. The second kappa shape index (κ2) is 5.14. The second-order valence-corrected chi connectivity index (χ2v) is 4.25. The van der Waals surface area contributed by atoms with Gasteiger partial charge in [-0.1, -0.05) is 6.08 Å². The minimum atomic E-state index is 0.222. The summed E-state index contributed by atoms with van der Waals surface area (Å²) < 4.78 is 0. The van der Waals surface area contributed by atoms with Gasteiger partial charge in [-0.3, -0.25) is 0 Å². The third-order valence-corrected chi connectivity index (χ3v) is 2.70. The van der Waals surface area contributed by atoms with Crippen molar-refractivity contribution in [3.8, 4) is 0 Å². The lowest BCUT2D eigenvalue weighted by atomic mass is 10.1. The van der Waals surface area contributed by atoms with Crippen molar-refractivity contribution >= 4 is 11.3 Å². The summed E-state index contributed by atoms with van der Waals surface area (Å²) in [5.74, 6) is 0. The molecule has 72 valence electrons. The maximum Gasteiger partial charge on any atom is 0.0897 e. The van der Waals surface area contributed by atoms with Crippen LogP contribution in [0.4, 0.5) is 0 Å². The first-order valence-corrected chi connectivity index (χ1v) is 5.38. The summed E-state index contributed by atoms with van der Waals surface area (Å²) >= 11 is 1.68. The first-order chi connectivity index (χ1) is 6.22. The van der Waals surface area contributed by atoms with Gasteiger partial charge in [0.25, 0.3) is 0 Å². The summed E-state index contributed by atoms with van der Waals surface area (Å²) in [6.07, 6.45) is 4.79. The van der Waals surface area contributed by atoms with Crippen molar-refractivity contribution in [2.24, 2.45) is 5.73 Å². The number of aryl methyl sites for hydroxylation is 1. The van der Waals surface area contributed by atoms with E-state index in [-0.39, 0.29) is 6.04 Å². The predicted molar refractivity (Wildman–Crippen MR) is 58.0 cm³/mol. The summed E-state index contributed by atoms with van der Waals surface area (Å²) in [5.41, 5.74) is 7.04. The third kappa shape index (κ3) is 3.70. The van der Waals surface area contributed by atoms with Crippen LogP contribution < -0.4 is 5.73 Å². The van der Waals surface area contributed by atoms with Crippen molar-refractivity contribution in [3.05, 3.63) is 28.7 Å². The molecule has 1 heterocycles. The van der Waals surface area contributed by atoms with Gasteiger partial charge in [0.15, 0.2) is 0 Å². The van der Waals surface area contributed by atoms with Crippen molar-refractivity contribution in [2.45, 2.75) is 32.2 Å². The van der Waals surface area contributed by atoms with Crippen molar-refractivity contribution in [1.82, 2.24) is 4.98 Å². The molecular formula is C10H16N2S. The average Bonchev–Trinajstić information content (AvgIpc) is 2.48. The molecule has 0 saturated heterocycles. The van der Waals surface area contributed by atoms with E-state index in [9.17, 15) is 0 Å². The fourth-order valence-electron chi connectivity index (χ4n) is 1.20. The highest BCUT2D eigenvalue weighted by molar-refractivity contribution is 7.09. The third-order valence-electron chi connectivity index (χ3n) is 1.88. The zero-order valence-corrected chi connectivity index (χ0v) is 8.81. The van der Waals surface area contributed by atoms with Crippen molar-refractivity contribution in [1.29, 1.82) is 0 Å². The molecule has 0 bridgehead atoms. The van der Waals surface area contributed by atoms with Crippen LogP contribution >= 0.6 is 11.3 Å². The largest absolute Gasteiger partial charge is 0.327 e. The number of nitrogens with zero attached hydrogens (tertiary/aromatic N) is 1. The Balaban J connectivity index is 2.35. The van der Waals surface area contributed by atoms with Gasteiger partial charge in [0, 0.05) is 17.8 Å². The van der Waals surface area contributed by atoms with Crippen LogP contribution in [0, 0.1) is 6.92 Å². The Hall–Kier alpha value is -0.670. The number of rotatable bonds is 5. The second-order valence-electron chi connectivity index (χ2n) is 3.19. The summed E-state index contributed by atoms with van der Waals surface area (Å²) in [5, 5.41) is 3.20. The highest BCUT2D eigenvalue weighted by Gasteiger charge is 2.05. The zero-order chi connectivity index (χ0) is 9.68. The Morgan fingerprint density at radius 1 is 1.77 bits per heavy atom. The molecule has 0 aromatic carbocycles. The zero-order valence-electron chi connectivity index (χ0n) is 7.99. The summed E-state index contributed by atoms with van der Waals surface area (Å²) in [6, 6.07) is 0.222. The Labute approximate surface area is 83.5 Å². The molecule has 13 heavy (non-hydrogen) atoms. The molecular weight excluding hydrogens is 180 g/mol. The SMILES string of the molecule is C=CCCC(N)Cc1csc(C)n1. The van der Waals surface area contributed by atoms with E-state index >= 15 is 0 Å². The van der Waals surface area contributed by atoms with Gasteiger partial charge in [-0.05, 0) is 19.8 Å². The van der Waals surface area contributed by atoms with Gasteiger partial charge in [0.05, 0.1) is 10.7 Å². The molecule has 0 spiro atoms. The number of aromatic nitrogens is 1. The Morgan fingerprint density at radius 2 is 2.54 bits per heavy atom. The molecule has 1 unspecified atom stereocenters. The molecule has 0 fully saturated rings. The van der Waals surface area contributed by atoms with Crippen LogP contribution in [-0.2, 0) is 6.42 Å². The lowest BCUT2D eigenvalue weighted by Crippen LogP contribution is -2.22. The minimum Gasteiger partial charge on any atom is -0.327 e. The van der Waals surface area contributed by atoms with E-state index < -0.39 is 0 Å². The topological polar surface area (TPSA) is 38.9 Å². The van der Waals surface area contributed by atoms with Crippen LogP contribution in [0.2, 0.25) is 0 Å². The van der Waals surface area contributed by atoms with Crippen LogP contribution in [0.15, 0.2) is 18.0 Å². The van der Waals surface area contributed by atoms with E-state index in [1.165, 1.54) is 0 Å². The van der Waals surface area contributed by atoms with Crippen molar-refractivity contribution < 1.29 is 0 Å². The van der Waals surface area contributed by atoms with Crippen LogP contribution in [-0.4, -0.2) is 11.0 Å². The van der Waals surface area contributed by atoms with Gasteiger partial charge >= 0.3 is 0 Å². The standard InChI is InChI=1S/C10H16N2S/c1-3-4-5-9(11)6-10-7-13-8(2)12-10/h3,7,9H,1,4-6,11H2,2H3. The molecule has 0 saturated carbocycles. The van der Waals surface area contributed by atoms with Crippen LogP contribution in [0.25, 0.3) is 0 Å². The number of hydrogen-bond donors (Lipinski definition) is 1. The molecule has 1 rings (SSSR count). The van der Waals surface area contributed by atoms with Crippen LogP contribution in [0.3, 0.4) is 0 Å². The molecule has 1 aromatic heterocycles. The Morgan fingerprint density at radius 3 is 3.08 bits per heavy atom. The Kier molecular flexibility index (Phi) is 4.12. The van der Waals surface area contributed by atoms with Gasteiger partial charge < -0.3 is 5.73 Å². The lowest BCUT2D eigenvalue weighted by molar-refractivity contribution is 0.611. The fourth-order valence-corrected chi connectivity index (χ4v) is 1.83. The molecule has 1 aromatic rings. The molecule has 1 atom stereocenters. The molecule has 2 N–H and O–H groups in total. The van der Waals surface area contributed by atoms with Crippen molar-refractivity contribution in [3.63, 3.8) is 0 Å². The summed E-state index contributed by atoms with van der Waals surface area (Å²) in [6.45, 7) is 5.69. The first-order valence-electron chi connectivity index (χ1n) is 4.50. The van der Waals surface area contributed by atoms with Gasteiger partial charge in [-0.2, -0.15) is 0 Å². The molecule has 0 aliphatic rings. The summed E-state index contributed by atoms with van der Waals surface area (Å²) in [4.78, 5) is 4.37. The molecule has 3 heteroatoms. The van der Waals surface area contributed by atoms with E-state index in [2.05, 4.69) is 16.9 Å². The number of allylic oxidation sites excluding steroid dienone is 1. The molecule has 0 aliphatic heterocycles. The van der Waals surface area contributed by atoms with E-state index in [0.717, 1.165) is 30.0 Å². The molecule has 0 aliphatic carbocycles. The monoisotopic (exact) mass is 196 g/mol. The quantitative estimate of drug-likeness (QED) is 0.734. The number of thiazole rings is 1. The highest BCUT2D eigenvalue weighted by Crippen LogP contribution is 2.10. The smallest absolute Gasteiger partial charge is 0.0897 e. The van der Waals surface area contributed by atoms with Gasteiger partial charge in [0.2, 0.25) is 0 Å². The van der Waals surface area contributed by atoms with Crippen molar-refractivity contribution in [2.75, 3.05) is 0 Å². The Bertz CT molecular complexity index is 268. The van der Waals surface area contributed by atoms with Gasteiger partial charge in [-0.15, -0.1) is 17.9 Å². The normalized spacial score (nSPS) is 12.8. The number of hydrogen-bond acceptors (Lipinski definition) is 3. The highest BCUT2D eigenvalue weighted by atomic mass is 32.1. The van der Waals surface area contributed by atoms with Crippen LogP contribution in [0.1, 0.15) is 23.5 Å². The van der Waals surface area contributed by atoms with E-state index in [4.69, 9.17) is 5.73 Å². The number of nitrogens with two attached hydrogens (primary N) is 1. The fraction of sp³-hybridized carbons (Fsp3) is 0.500. The van der Waals surface area contributed by atoms with Gasteiger partial charge in [-0.25, -0.2) is 4.98 Å². The van der Waals surface area contributed by atoms with E-state index in [1.54, 1.807) is 11.3 Å². The molecule has 0 radical (unpaired) electrons. The molecule has 0 amide bonds. The van der Waals surface area contributed by atoms with Gasteiger partial charge in [0.1, 0.15) is 0 Å².